The molecule has 0 saturated carbocycles. The Morgan fingerprint density at radius 1 is 1.42 bits per heavy atom. The Hall–Kier alpha value is -1.36. The van der Waals surface area contributed by atoms with Crippen molar-refractivity contribution < 1.29 is 9.21 Å². The first-order valence-electron chi connectivity index (χ1n) is 7.09. The van der Waals surface area contributed by atoms with E-state index in [9.17, 15) is 4.79 Å². The highest BCUT2D eigenvalue weighted by Crippen LogP contribution is 2.19. The number of nitrogens with one attached hydrogen (secondary N) is 1. The molecule has 5 heteroatoms. The molecule has 1 aromatic rings. The quantitative estimate of drug-likeness (QED) is 0.903. The van der Waals surface area contributed by atoms with Gasteiger partial charge in [-0.15, -0.1) is 0 Å². The average molecular weight is 265 g/mol. The Balaban J connectivity index is 2.17. The average Bonchev–Trinajstić information content (AvgIpc) is 2.75. The number of piperidine rings is 1. The molecule has 2 rings (SSSR count). The van der Waals surface area contributed by atoms with Crippen molar-refractivity contribution in [1.82, 2.24) is 15.2 Å². The molecule has 0 aromatic carbocycles. The molecule has 1 N–H and O–H groups in total. The molecule has 0 spiro atoms. The van der Waals surface area contributed by atoms with E-state index in [-0.39, 0.29) is 5.91 Å². The van der Waals surface area contributed by atoms with Gasteiger partial charge in [0.1, 0.15) is 0 Å². The molecule has 0 bridgehead atoms. The molecular weight excluding hydrogens is 242 g/mol. The maximum absolute atomic E-state index is 12.6. The van der Waals surface area contributed by atoms with Gasteiger partial charge in [-0.1, -0.05) is 6.92 Å². The van der Waals surface area contributed by atoms with Crippen LogP contribution in [0.3, 0.4) is 0 Å². The van der Waals surface area contributed by atoms with Crippen molar-refractivity contribution in [3.8, 4) is 0 Å². The van der Waals surface area contributed by atoms with E-state index in [1.165, 1.54) is 0 Å². The van der Waals surface area contributed by atoms with Gasteiger partial charge in [0, 0.05) is 19.5 Å². The van der Waals surface area contributed by atoms with Gasteiger partial charge in [-0.2, -0.15) is 0 Å². The predicted octanol–water partition coefficient (Wildman–Crippen LogP) is 1.90. The smallest absolute Gasteiger partial charge is 0.291 e. The molecule has 1 amide bonds. The Labute approximate surface area is 114 Å². The van der Waals surface area contributed by atoms with Crippen LogP contribution in [0.2, 0.25) is 0 Å². The summed E-state index contributed by atoms with van der Waals surface area (Å²) < 4.78 is 5.48. The molecule has 1 aromatic heterocycles. The SMILES string of the molecule is CCCN(C(=O)c1oc(C)nc1C)C1CCNCC1. The highest BCUT2D eigenvalue weighted by molar-refractivity contribution is 5.92. The minimum Gasteiger partial charge on any atom is -0.436 e. The number of oxazole rings is 1. The Bertz CT molecular complexity index is 436. The molecule has 1 aliphatic rings. The van der Waals surface area contributed by atoms with Crippen molar-refractivity contribution in [2.45, 2.75) is 46.1 Å². The minimum atomic E-state index is -0.00755. The molecule has 19 heavy (non-hydrogen) atoms. The molecular formula is C14H23N3O2. The first-order valence-corrected chi connectivity index (χ1v) is 7.09. The van der Waals surface area contributed by atoms with Crippen molar-refractivity contribution in [2.24, 2.45) is 0 Å². The third kappa shape index (κ3) is 3.15. The van der Waals surface area contributed by atoms with Gasteiger partial charge < -0.3 is 14.6 Å². The number of aromatic nitrogens is 1. The number of carbonyl (C=O) groups is 1. The lowest BCUT2D eigenvalue weighted by atomic mass is 10.0. The van der Waals surface area contributed by atoms with Crippen LogP contribution in [0.4, 0.5) is 0 Å². The largest absolute Gasteiger partial charge is 0.436 e. The molecule has 0 aliphatic carbocycles. The predicted molar refractivity (Wildman–Crippen MR) is 73.2 cm³/mol. The highest BCUT2D eigenvalue weighted by atomic mass is 16.4. The van der Waals surface area contributed by atoms with Gasteiger partial charge in [0.2, 0.25) is 5.76 Å². The van der Waals surface area contributed by atoms with Gasteiger partial charge in [0.15, 0.2) is 5.89 Å². The molecule has 5 nitrogen and oxygen atoms in total. The van der Waals surface area contributed by atoms with E-state index in [4.69, 9.17) is 4.42 Å². The van der Waals surface area contributed by atoms with Crippen molar-refractivity contribution in [1.29, 1.82) is 0 Å². The third-order valence-electron chi connectivity index (χ3n) is 3.57. The number of nitrogens with zero attached hydrogens (tertiary/aromatic N) is 2. The first-order chi connectivity index (χ1) is 9.13. The van der Waals surface area contributed by atoms with E-state index in [0.717, 1.165) is 38.9 Å². The molecule has 2 heterocycles. The van der Waals surface area contributed by atoms with Crippen LogP contribution >= 0.6 is 0 Å². The zero-order valence-electron chi connectivity index (χ0n) is 12.0. The second-order valence-electron chi connectivity index (χ2n) is 5.13. The Kier molecular flexibility index (Phi) is 4.58. The highest BCUT2D eigenvalue weighted by Gasteiger charge is 2.28. The summed E-state index contributed by atoms with van der Waals surface area (Å²) >= 11 is 0. The summed E-state index contributed by atoms with van der Waals surface area (Å²) in [5, 5.41) is 3.33. The standard InChI is InChI=1S/C14H23N3O2/c1-4-9-17(12-5-7-15-8-6-12)14(18)13-10(2)16-11(3)19-13/h12,15H,4-9H2,1-3H3. The molecule has 1 aliphatic heterocycles. The molecule has 1 fully saturated rings. The van der Waals surface area contributed by atoms with E-state index in [1.807, 2.05) is 11.8 Å². The van der Waals surface area contributed by atoms with Crippen LogP contribution in [0.15, 0.2) is 4.42 Å². The summed E-state index contributed by atoms with van der Waals surface area (Å²) in [6, 6.07) is 0.318. The topological polar surface area (TPSA) is 58.4 Å². The lowest BCUT2D eigenvalue weighted by molar-refractivity contribution is 0.0608. The number of amides is 1. The number of hydrogen-bond donors (Lipinski definition) is 1. The van der Waals surface area contributed by atoms with Crippen molar-refractivity contribution in [3.05, 3.63) is 17.3 Å². The van der Waals surface area contributed by atoms with Crippen LogP contribution in [0, 0.1) is 13.8 Å². The lowest BCUT2D eigenvalue weighted by Crippen LogP contribution is -2.46. The van der Waals surface area contributed by atoms with Gasteiger partial charge in [-0.25, -0.2) is 4.98 Å². The fraction of sp³-hybridized carbons (Fsp3) is 0.714. The van der Waals surface area contributed by atoms with Gasteiger partial charge >= 0.3 is 0 Å². The van der Waals surface area contributed by atoms with Gasteiger partial charge in [0.25, 0.3) is 5.91 Å². The van der Waals surface area contributed by atoms with Crippen LogP contribution in [-0.2, 0) is 0 Å². The van der Waals surface area contributed by atoms with Crippen LogP contribution in [0.1, 0.15) is 48.3 Å². The fourth-order valence-corrected chi connectivity index (χ4v) is 2.67. The van der Waals surface area contributed by atoms with Crippen molar-refractivity contribution >= 4 is 5.91 Å². The Morgan fingerprint density at radius 2 is 2.11 bits per heavy atom. The third-order valence-corrected chi connectivity index (χ3v) is 3.57. The molecule has 0 atom stereocenters. The monoisotopic (exact) mass is 265 g/mol. The van der Waals surface area contributed by atoms with Crippen molar-refractivity contribution in [3.63, 3.8) is 0 Å². The van der Waals surface area contributed by atoms with Crippen LogP contribution in [-0.4, -0.2) is 41.5 Å². The first kappa shape index (κ1) is 14.1. The molecule has 0 radical (unpaired) electrons. The summed E-state index contributed by atoms with van der Waals surface area (Å²) in [7, 11) is 0. The number of carbonyl (C=O) groups excluding carboxylic acids is 1. The van der Waals surface area contributed by atoms with E-state index < -0.39 is 0 Å². The van der Waals surface area contributed by atoms with Crippen LogP contribution in [0.25, 0.3) is 0 Å². The summed E-state index contributed by atoms with van der Waals surface area (Å²) in [6.07, 6.45) is 2.98. The van der Waals surface area contributed by atoms with Crippen LogP contribution in [0.5, 0.6) is 0 Å². The summed E-state index contributed by atoms with van der Waals surface area (Å²) in [5.41, 5.74) is 0.692. The summed E-state index contributed by atoms with van der Waals surface area (Å²) in [5.74, 6) is 0.957. The van der Waals surface area contributed by atoms with E-state index in [2.05, 4.69) is 17.2 Å². The van der Waals surface area contributed by atoms with E-state index in [0.29, 0.717) is 23.4 Å². The van der Waals surface area contributed by atoms with Gasteiger partial charge in [-0.05, 0) is 39.3 Å². The van der Waals surface area contributed by atoms with Gasteiger partial charge in [-0.3, -0.25) is 4.79 Å². The maximum Gasteiger partial charge on any atom is 0.291 e. The molecule has 106 valence electrons. The maximum atomic E-state index is 12.6. The second kappa shape index (κ2) is 6.19. The second-order valence-corrected chi connectivity index (χ2v) is 5.13. The summed E-state index contributed by atoms with van der Waals surface area (Å²) in [6.45, 7) is 8.44. The zero-order chi connectivity index (χ0) is 13.8. The van der Waals surface area contributed by atoms with Gasteiger partial charge in [0.05, 0.1) is 5.69 Å². The van der Waals surface area contributed by atoms with Crippen molar-refractivity contribution in [2.75, 3.05) is 19.6 Å². The normalized spacial score (nSPS) is 16.6. The van der Waals surface area contributed by atoms with E-state index in [1.54, 1.807) is 6.92 Å². The summed E-state index contributed by atoms with van der Waals surface area (Å²) in [4.78, 5) is 18.8. The van der Waals surface area contributed by atoms with E-state index >= 15 is 0 Å². The lowest BCUT2D eigenvalue weighted by Gasteiger charge is -2.34. The zero-order valence-corrected chi connectivity index (χ0v) is 12.0. The minimum absolute atomic E-state index is 0.00755. The number of hydrogen-bond acceptors (Lipinski definition) is 4. The molecule has 1 saturated heterocycles. The fourth-order valence-electron chi connectivity index (χ4n) is 2.67. The number of rotatable bonds is 4. The number of aryl methyl sites for hydroxylation is 2. The van der Waals surface area contributed by atoms with Crippen LogP contribution < -0.4 is 5.32 Å². The molecule has 0 unspecified atom stereocenters. The Morgan fingerprint density at radius 3 is 2.63 bits per heavy atom.